The lowest BCUT2D eigenvalue weighted by molar-refractivity contribution is 0.796. The molecule has 11 heavy (non-hydrogen) atoms. The van der Waals surface area contributed by atoms with Crippen LogP contribution in [0.2, 0.25) is 0 Å². The Bertz CT molecular complexity index is 291. The summed E-state index contributed by atoms with van der Waals surface area (Å²) >= 11 is 0. The second kappa shape index (κ2) is 2.47. The van der Waals surface area contributed by atoms with Gasteiger partial charge in [0.2, 0.25) is 0 Å². The van der Waals surface area contributed by atoms with E-state index in [-0.39, 0.29) is 6.04 Å². The number of fused-ring (bicyclic) bond motifs is 1. The molecule has 2 N–H and O–H groups in total. The minimum atomic E-state index is 0.173. The van der Waals surface area contributed by atoms with Gasteiger partial charge in [0, 0.05) is 12.2 Å². The van der Waals surface area contributed by atoms with Crippen molar-refractivity contribution in [1.29, 1.82) is 0 Å². The molecular weight excluding hydrogens is 136 g/mol. The monoisotopic (exact) mass is 146 g/mol. The fourth-order valence-corrected chi connectivity index (χ4v) is 1.31. The summed E-state index contributed by atoms with van der Waals surface area (Å²) in [6.45, 7) is 0. The van der Waals surface area contributed by atoms with Gasteiger partial charge < -0.3 is 5.73 Å². The van der Waals surface area contributed by atoms with Crippen LogP contribution >= 0.6 is 0 Å². The molecule has 0 spiro atoms. The molecule has 0 aromatic carbocycles. The smallest absolute Gasteiger partial charge is 0.0659 e. The predicted octanol–water partition coefficient (Wildman–Crippen LogP) is 0.978. The third-order valence-electron chi connectivity index (χ3n) is 1.88. The summed E-state index contributed by atoms with van der Waals surface area (Å²) in [5.74, 6) is 0. The van der Waals surface area contributed by atoms with Crippen LogP contribution in [-0.4, -0.2) is 11.0 Å². The van der Waals surface area contributed by atoms with Gasteiger partial charge in [-0.05, 0) is 24.1 Å². The highest BCUT2D eigenvalue weighted by Crippen LogP contribution is 2.14. The zero-order chi connectivity index (χ0) is 7.68. The van der Waals surface area contributed by atoms with Crippen LogP contribution in [0.3, 0.4) is 0 Å². The minimum absolute atomic E-state index is 0.173. The summed E-state index contributed by atoms with van der Waals surface area (Å²) in [5.41, 5.74) is 8.05. The van der Waals surface area contributed by atoms with Crippen LogP contribution in [0.25, 0.3) is 6.08 Å². The summed E-state index contributed by atoms with van der Waals surface area (Å²) in [6.07, 6.45) is 6.71. The molecule has 0 saturated heterocycles. The first-order valence-corrected chi connectivity index (χ1v) is 3.74. The maximum atomic E-state index is 5.73. The molecule has 0 radical (unpaired) electrons. The second-order valence-corrected chi connectivity index (χ2v) is 2.77. The zero-order valence-corrected chi connectivity index (χ0v) is 6.20. The Balaban J connectivity index is 2.46. The number of aromatic nitrogens is 1. The van der Waals surface area contributed by atoms with E-state index in [0.29, 0.717) is 0 Å². The molecule has 0 aliphatic heterocycles. The fraction of sp³-hybridized carbons (Fsp3) is 0.222. The predicted molar refractivity (Wildman–Crippen MR) is 45.0 cm³/mol. The van der Waals surface area contributed by atoms with Crippen molar-refractivity contribution in [2.75, 3.05) is 0 Å². The molecule has 1 heterocycles. The van der Waals surface area contributed by atoms with Gasteiger partial charge in [-0.3, -0.25) is 4.98 Å². The normalized spacial score (nSPS) is 21.4. The van der Waals surface area contributed by atoms with Gasteiger partial charge in [0.15, 0.2) is 0 Å². The van der Waals surface area contributed by atoms with Crippen molar-refractivity contribution in [2.24, 2.45) is 5.73 Å². The summed E-state index contributed by atoms with van der Waals surface area (Å²) < 4.78 is 0. The molecule has 2 nitrogen and oxygen atoms in total. The first-order valence-electron chi connectivity index (χ1n) is 3.74. The summed E-state index contributed by atoms with van der Waals surface area (Å²) in [4.78, 5) is 4.21. The van der Waals surface area contributed by atoms with Crippen LogP contribution < -0.4 is 5.73 Å². The Kier molecular flexibility index (Phi) is 1.47. The van der Waals surface area contributed by atoms with E-state index in [9.17, 15) is 0 Å². The van der Waals surface area contributed by atoms with Crippen LogP contribution in [-0.2, 0) is 6.42 Å². The molecule has 0 bridgehead atoms. The molecule has 1 aliphatic carbocycles. The fourth-order valence-electron chi connectivity index (χ4n) is 1.31. The van der Waals surface area contributed by atoms with Crippen LogP contribution in [0.5, 0.6) is 0 Å². The molecular formula is C9H10N2. The van der Waals surface area contributed by atoms with E-state index in [2.05, 4.69) is 11.1 Å². The summed E-state index contributed by atoms with van der Waals surface area (Å²) in [6, 6.07) is 4.20. The second-order valence-electron chi connectivity index (χ2n) is 2.77. The molecule has 2 heteroatoms. The Morgan fingerprint density at radius 2 is 2.45 bits per heavy atom. The maximum absolute atomic E-state index is 5.73. The van der Waals surface area contributed by atoms with Crippen LogP contribution in [0, 0.1) is 0 Å². The van der Waals surface area contributed by atoms with Crippen molar-refractivity contribution < 1.29 is 0 Å². The third kappa shape index (κ3) is 1.17. The van der Waals surface area contributed by atoms with E-state index in [1.165, 1.54) is 5.56 Å². The average Bonchev–Trinajstić information content (AvgIpc) is 2.04. The lowest BCUT2D eigenvalue weighted by Gasteiger charge is -2.13. The minimum Gasteiger partial charge on any atom is -0.324 e. The number of pyridine rings is 1. The lowest BCUT2D eigenvalue weighted by atomic mass is 9.99. The standard InChI is InChI=1S/C9H10N2/c10-8-3-4-9-7(6-8)2-1-5-11-9/h1-5,8H,6,10H2/t8-/m0/s1. The van der Waals surface area contributed by atoms with Crippen molar-refractivity contribution in [1.82, 2.24) is 4.98 Å². The highest BCUT2D eigenvalue weighted by molar-refractivity contribution is 5.53. The Morgan fingerprint density at radius 1 is 1.55 bits per heavy atom. The average molecular weight is 146 g/mol. The quantitative estimate of drug-likeness (QED) is 0.592. The van der Waals surface area contributed by atoms with Crippen molar-refractivity contribution in [3.8, 4) is 0 Å². The Morgan fingerprint density at radius 3 is 3.36 bits per heavy atom. The molecule has 0 amide bonds. The van der Waals surface area contributed by atoms with Gasteiger partial charge in [0.05, 0.1) is 5.69 Å². The van der Waals surface area contributed by atoms with Crippen LogP contribution in [0.15, 0.2) is 24.4 Å². The number of hydrogen-bond donors (Lipinski definition) is 1. The molecule has 1 aromatic rings. The number of nitrogens with zero attached hydrogens (tertiary/aromatic N) is 1. The van der Waals surface area contributed by atoms with Gasteiger partial charge in [0.25, 0.3) is 0 Å². The number of nitrogens with two attached hydrogens (primary N) is 1. The van der Waals surface area contributed by atoms with Crippen LogP contribution in [0.1, 0.15) is 11.3 Å². The van der Waals surface area contributed by atoms with Gasteiger partial charge >= 0.3 is 0 Å². The lowest BCUT2D eigenvalue weighted by Crippen LogP contribution is -2.22. The molecule has 2 rings (SSSR count). The van der Waals surface area contributed by atoms with Crippen molar-refractivity contribution in [3.05, 3.63) is 35.7 Å². The van der Waals surface area contributed by atoms with E-state index in [0.717, 1.165) is 12.1 Å². The number of hydrogen-bond acceptors (Lipinski definition) is 2. The molecule has 56 valence electrons. The van der Waals surface area contributed by atoms with E-state index in [4.69, 9.17) is 5.73 Å². The van der Waals surface area contributed by atoms with Gasteiger partial charge in [-0.25, -0.2) is 0 Å². The SMILES string of the molecule is N[C@H]1C=Cc2ncccc2C1. The van der Waals surface area contributed by atoms with Gasteiger partial charge in [-0.15, -0.1) is 0 Å². The van der Waals surface area contributed by atoms with Crippen molar-refractivity contribution in [3.63, 3.8) is 0 Å². The van der Waals surface area contributed by atoms with E-state index in [1.54, 1.807) is 6.20 Å². The maximum Gasteiger partial charge on any atom is 0.0659 e. The van der Waals surface area contributed by atoms with Gasteiger partial charge in [-0.1, -0.05) is 12.1 Å². The summed E-state index contributed by atoms with van der Waals surface area (Å²) in [5, 5.41) is 0. The summed E-state index contributed by atoms with van der Waals surface area (Å²) in [7, 11) is 0. The largest absolute Gasteiger partial charge is 0.324 e. The number of rotatable bonds is 0. The molecule has 1 aromatic heterocycles. The molecule has 1 aliphatic rings. The zero-order valence-electron chi connectivity index (χ0n) is 6.20. The van der Waals surface area contributed by atoms with Gasteiger partial charge in [-0.2, -0.15) is 0 Å². The van der Waals surface area contributed by atoms with Crippen molar-refractivity contribution >= 4 is 6.08 Å². The third-order valence-corrected chi connectivity index (χ3v) is 1.88. The van der Waals surface area contributed by atoms with E-state index < -0.39 is 0 Å². The van der Waals surface area contributed by atoms with Crippen LogP contribution in [0.4, 0.5) is 0 Å². The Hall–Kier alpha value is -1.15. The molecule has 0 unspecified atom stereocenters. The van der Waals surface area contributed by atoms with Gasteiger partial charge in [0.1, 0.15) is 0 Å². The van der Waals surface area contributed by atoms with Crippen molar-refractivity contribution in [2.45, 2.75) is 12.5 Å². The molecule has 1 atom stereocenters. The Labute approximate surface area is 65.8 Å². The highest BCUT2D eigenvalue weighted by Gasteiger charge is 2.09. The first-order chi connectivity index (χ1) is 5.36. The van der Waals surface area contributed by atoms with E-state index in [1.807, 2.05) is 18.2 Å². The van der Waals surface area contributed by atoms with E-state index >= 15 is 0 Å². The topological polar surface area (TPSA) is 38.9 Å². The molecule has 0 saturated carbocycles. The highest BCUT2D eigenvalue weighted by atomic mass is 14.7. The first kappa shape index (κ1) is 6.55. The molecule has 0 fully saturated rings.